The van der Waals surface area contributed by atoms with E-state index in [1.807, 2.05) is 0 Å². The molecule has 0 atom stereocenters. The Morgan fingerprint density at radius 1 is 1.06 bits per heavy atom. The molecule has 0 fully saturated rings. The van der Waals surface area contributed by atoms with Crippen LogP contribution in [0.4, 0.5) is 0 Å². The van der Waals surface area contributed by atoms with Gasteiger partial charge in [0.05, 0.1) is 13.2 Å². The van der Waals surface area contributed by atoms with Crippen molar-refractivity contribution in [1.82, 2.24) is 15.5 Å². The van der Waals surface area contributed by atoms with Crippen LogP contribution in [0, 0.1) is 0 Å². The minimum Gasteiger partial charge on any atom is -0.383 e. The van der Waals surface area contributed by atoms with Crippen molar-refractivity contribution in [2.24, 2.45) is 0 Å². The van der Waals surface area contributed by atoms with Crippen LogP contribution in [-0.2, 0) is 22.3 Å². The average Bonchev–Trinajstić information content (AvgIpc) is 2.82. The monoisotopic (exact) mass is 273 g/mol. The van der Waals surface area contributed by atoms with Gasteiger partial charge in [0.15, 0.2) is 0 Å². The second kappa shape index (κ2) is 10.4. The number of methoxy groups -OCH3 is 1. The van der Waals surface area contributed by atoms with Crippen molar-refractivity contribution in [3.8, 4) is 0 Å². The van der Waals surface area contributed by atoms with E-state index in [0.717, 1.165) is 62.2 Å². The van der Waals surface area contributed by atoms with Gasteiger partial charge >= 0.3 is 0 Å². The number of hydrogen-bond donors (Lipinski definition) is 1. The first-order valence-electron chi connectivity index (χ1n) is 6.45. The summed E-state index contributed by atoms with van der Waals surface area (Å²) in [7, 11) is 1.71. The maximum absolute atomic E-state index is 5.43. The summed E-state index contributed by atoms with van der Waals surface area (Å²) in [6.07, 6.45) is 2.86. The van der Waals surface area contributed by atoms with Gasteiger partial charge in [0.2, 0.25) is 0 Å². The Balaban J connectivity index is 2.10. The van der Waals surface area contributed by atoms with Gasteiger partial charge in [0.25, 0.3) is 0 Å². The van der Waals surface area contributed by atoms with E-state index >= 15 is 0 Å². The molecule has 0 unspecified atom stereocenters. The number of rotatable bonds is 11. The first-order valence-corrected chi connectivity index (χ1v) is 7.27. The average molecular weight is 273 g/mol. The smallest absolute Gasteiger partial charge is 0.119 e. The Morgan fingerprint density at radius 2 is 1.83 bits per heavy atom. The summed E-state index contributed by atoms with van der Waals surface area (Å²) >= 11 is 1.68. The van der Waals surface area contributed by atoms with Gasteiger partial charge in [-0.25, -0.2) is 0 Å². The summed E-state index contributed by atoms with van der Waals surface area (Å²) in [4.78, 5) is 0. The summed E-state index contributed by atoms with van der Waals surface area (Å²) in [5.41, 5.74) is 0. The van der Waals surface area contributed by atoms with Crippen LogP contribution in [-0.4, -0.2) is 50.2 Å². The van der Waals surface area contributed by atoms with E-state index in [9.17, 15) is 0 Å². The van der Waals surface area contributed by atoms with Crippen molar-refractivity contribution in [2.75, 3.05) is 40.0 Å². The maximum Gasteiger partial charge on any atom is 0.119 e. The van der Waals surface area contributed by atoms with E-state index in [4.69, 9.17) is 9.47 Å². The molecule has 18 heavy (non-hydrogen) atoms. The van der Waals surface area contributed by atoms with Crippen molar-refractivity contribution in [2.45, 2.75) is 26.2 Å². The number of nitrogens with zero attached hydrogens (tertiary/aromatic N) is 2. The fraction of sp³-hybridized carbons (Fsp3) is 0.833. The molecular weight excluding hydrogens is 250 g/mol. The Labute approximate surface area is 113 Å². The van der Waals surface area contributed by atoms with Gasteiger partial charge in [-0.15, -0.1) is 21.5 Å². The lowest BCUT2D eigenvalue weighted by atomic mass is 10.4. The van der Waals surface area contributed by atoms with Crippen LogP contribution in [0.3, 0.4) is 0 Å². The Kier molecular flexibility index (Phi) is 8.93. The molecule has 0 aliphatic rings. The van der Waals surface area contributed by atoms with E-state index < -0.39 is 0 Å². The number of aromatic nitrogens is 2. The molecule has 1 aromatic rings. The van der Waals surface area contributed by atoms with Gasteiger partial charge < -0.3 is 14.8 Å². The van der Waals surface area contributed by atoms with Gasteiger partial charge in [0.1, 0.15) is 10.0 Å². The highest BCUT2D eigenvalue weighted by atomic mass is 32.1. The van der Waals surface area contributed by atoms with Crippen LogP contribution >= 0.6 is 11.3 Å². The quantitative estimate of drug-likeness (QED) is 0.616. The highest BCUT2D eigenvalue weighted by molar-refractivity contribution is 7.11. The molecule has 6 heteroatoms. The van der Waals surface area contributed by atoms with Crippen LogP contribution in [0.5, 0.6) is 0 Å². The minimum atomic E-state index is 0.745. The predicted octanol–water partition coefficient (Wildman–Crippen LogP) is 1.29. The summed E-state index contributed by atoms with van der Waals surface area (Å²) < 4.78 is 10.4. The lowest BCUT2D eigenvalue weighted by Gasteiger charge is -2.00. The van der Waals surface area contributed by atoms with Crippen LogP contribution in [0.2, 0.25) is 0 Å². The third kappa shape index (κ3) is 7.00. The molecule has 0 radical (unpaired) electrons. The molecule has 1 rings (SSSR count). The summed E-state index contributed by atoms with van der Waals surface area (Å²) in [5, 5.41) is 13.8. The van der Waals surface area contributed by atoms with Crippen LogP contribution in [0.1, 0.15) is 23.4 Å². The minimum absolute atomic E-state index is 0.745. The largest absolute Gasteiger partial charge is 0.383 e. The molecule has 0 saturated heterocycles. The van der Waals surface area contributed by atoms with E-state index in [0.29, 0.717) is 0 Å². The Bertz CT molecular complexity index is 307. The topological polar surface area (TPSA) is 56.3 Å². The Morgan fingerprint density at radius 3 is 2.56 bits per heavy atom. The van der Waals surface area contributed by atoms with Crippen LogP contribution in [0.25, 0.3) is 0 Å². The molecule has 0 saturated carbocycles. The third-order valence-corrected chi connectivity index (χ3v) is 3.36. The summed E-state index contributed by atoms with van der Waals surface area (Å²) in [6.45, 7) is 6.23. The fourth-order valence-electron chi connectivity index (χ4n) is 1.39. The van der Waals surface area contributed by atoms with E-state index in [1.165, 1.54) is 0 Å². The van der Waals surface area contributed by atoms with E-state index in [1.54, 1.807) is 18.4 Å². The molecule has 0 amide bonds. The molecular formula is C12H23N3O2S. The number of ether oxygens (including phenoxy) is 2. The molecule has 5 nitrogen and oxygen atoms in total. The lowest BCUT2D eigenvalue weighted by molar-refractivity contribution is 0.138. The van der Waals surface area contributed by atoms with Gasteiger partial charge in [0, 0.05) is 39.6 Å². The molecule has 0 aliphatic carbocycles. The molecule has 1 aromatic heterocycles. The van der Waals surface area contributed by atoms with E-state index in [-0.39, 0.29) is 0 Å². The summed E-state index contributed by atoms with van der Waals surface area (Å²) in [5.74, 6) is 0. The van der Waals surface area contributed by atoms with Crippen molar-refractivity contribution in [3.05, 3.63) is 10.0 Å². The van der Waals surface area contributed by atoms with E-state index in [2.05, 4.69) is 22.4 Å². The molecule has 1 N–H and O–H groups in total. The van der Waals surface area contributed by atoms with Crippen LogP contribution < -0.4 is 5.32 Å². The fourth-order valence-corrected chi connectivity index (χ4v) is 2.22. The molecule has 1 heterocycles. The Hall–Kier alpha value is -0.560. The number of nitrogens with one attached hydrogen (secondary N) is 1. The van der Waals surface area contributed by atoms with Gasteiger partial charge in [-0.2, -0.15) is 0 Å². The highest BCUT2D eigenvalue weighted by Crippen LogP contribution is 2.10. The number of hydrogen-bond acceptors (Lipinski definition) is 6. The predicted molar refractivity (Wildman–Crippen MR) is 73.2 cm³/mol. The first-order chi connectivity index (χ1) is 8.86. The molecule has 0 bridgehead atoms. The highest BCUT2D eigenvalue weighted by Gasteiger charge is 2.03. The van der Waals surface area contributed by atoms with Crippen molar-refractivity contribution >= 4 is 11.3 Å². The van der Waals surface area contributed by atoms with Crippen LogP contribution in [0.15, 0.2) is 0 Å². The third-order valence-electron chi connectivity index (χ3n) is 2.32. The zero-order valence-corrected chi connectivity index (χ0v) is 12.1. The molecule has 0 spiro atoms. The second-order valence-electron chi connectivity index (χ2n) is 3.94. The molecule has 104 valence electrons. The normalized spacial score (nSPS) is 11.0. The standard InChI is InChI=1S/C12H23N3O2S/c1-3-8-17-9-5-12-15-14-11(18-12)4-6-13-7-10-16-2/h13H,3-10H2,1-2H3. The molecule has 0 aliphatic heterocycles. The maximum atomic E-state index is 5.43. The molecule has 0 aromatic carbocycles. The summed E-state index contributed by atoms with van der Waals surface area (Å²) in [6, 6.07) is 0. The second-order valence-corrected chi connectivity index (χ2v) is 5.09. The van der Waals surface area contributed by atoms with Crippen molar-refractivity contribution in [1.29, 1.82) is 0 Å². The zero-order chi connectivity index (χ0) is 13.1. The van der Waals surface area contributed by atoms with Crippen molar-refractivity contribution in [3.63, 3.8) is 0 Å². The van der Waals surface area contributed by atoms with Crippen molar-refractivity contribution < 1.29 is 9.47 Å². The lowest BCUT2D eigenvalue weighted by Crippen LogP contribution is -2.21. The first kappa shape index (κ1) is 15.5. The SMILES string of the molecule is CCCOCCc1nnc(CCNCCOC)s1. The zero-order valence-electron chi connectivity index (χ0n) is 11.3. The van der Waals surface area contributed by atoms with Gasteiger partial charge in [-0.05, 0) is 6.42 Å². The van der Waals surface area contributed by atoms with Gasteiger partial charge in [-0.3, -0.25) is 0 Å². The van der Waals surface area contributed by atoms with Gasteiger partial charge in [-0.1, -0.05) is 6.92 Å².